The van der Waals surface area contributed by atoms with Crippen LogP contribution in [0.25, 0.3) is 0 Å². The monoisotopic (exact) mass is 436 g/mol. The van der Waals surface area contributed by atoms with Crippen molar-refractivity contribution in [1.29, 1.82) is 0 Å². The minimum Gasteiger partial charge on any atom is -0.503 e. The molecule has 2 amide bonds. The lowest BCUT2D eigenvalue weighted by atomic mass is 10.2. The zero-order valence-electron chi connectivity index (χ0n) is 17.4. The van der Waals surface area contributed by atoms with Gasteiger partial charge in [0.05, 0.1) is 35.8 Å². The molecule has 0 bridgehead atoms. The Labute approximate surface area is 177 Å². The van der Waals surface area contributed by atoms with Gasteiger partial charge in [-0.3, -0.25) is 14.4 Å². The number of hydroxylamine groups is 2. The van der Waals surface area contributed by atoms with Crippen molar-refractivity contribution in [2.45, 2.75) is 34.2 Å². The summed E-state index contributed by atoms with van der Waals surface area (Å²) in [5.41, 5.74) is 0.691. The van der Waals surface area contributed by atoms with Gasteiger partial charge in [0.2, 0.25) is 0 Å². The molecule has 1 aromatic rings. The number of halogens is 2. The van der Waals surface area contributed by atoms with Gasteiger partial charge in [0.25, 0.3) is 11.8 Å². The second-order valence-electron chi connectivity index (χ2n) is 4.76. The Bertz CT molecular complexity index is 666. The lowest BCUT2D eigenvalue weighted by molar-refractivity contribution is -0.174. The van der Waals surface area contributed by atoms with Crippen molar-refractivity contribution < 1.29 is 24.6 Å². The van der Waals surface area contributed by atoms with E-state index in [1.165, 1.54) is 19.1 Å². The molecular formula is C19H30Cl2N2O5. The summed E-state index contributed by atoms with van der Waals surface area (Å²) >= 11 is 11.8. The van der Waals surface area contributed by atoms with Crippen LogP contribution in [0.4, 0.5) is 0 Å². The quantitative estimate of drug-likeness (QED) is 0.699. The van der Waals surface area contributed by atoms with E-state index in [0.717, 1.165) is 12.2 Å². The van der Waals surface area contributed by atoms with Gasteiger partial charge in [-0.15, -0.1) is 0 Å². The maximum Gasteiger partial charge on any atom is 0.289 e. The number of aliphatic hydroxyl groups excluding tert-OH is 2. The molecule has 28 heavy (non-hydrogen) atoms. The van der Waals surface area contributed by atoms with Gasteiger partial charge in [0.1, 0.15) is 0 Å². The molecule has 0 radical (unpaired) electrons. The average Bonchev–Trinajstić information content (AvgIpc) is 3.00. The van der Waals surface area contributed by atoms with E-state index < -0.39 is 17.6 Å². The van der Waals surface area contributed by atoms with Crippen LogP contribution in [0.1, 0.15) is 33.3 Å². The summed E-state index contributed by atoms with van der Waals surface area (Å²) in [6.45, 7) is 8.13. The Morgan fingerprint density at radius 2 is 1.71 bits per heavy atom. The number of hydrogen-bond acceptors (Lipinski definition) is 5. The number of rotatable bonds is 4. The Morgan fingerprint density at radius 1 is 1.18 bits per heavy atom. The van der Waals surface area contributed by atoms with E-state index >= 15 is 0 Å². The molecule has 0 saturated heterocycles. The fourth-order valence-electron chi connectivity index (χ4n) is 2.04. The molecule has 0 atom stereocenters. The van der Waals surface area contributed by atoms with Gasteiger partial charge in [-0.1, -0.05) is 57.0 Å². The minimum atomic E-state index is -0.589. The molecule has 0 unspecified atom stereocenters. The highest BCUT2D eigenvalue weighted by atomic mass is 35.5. The summed E-state index contributed by atoms with van der Waals surface area (Å²) in [7, 11) is 3.82. The topological polar surface area (TPSA) is 90.3 Å². The number of aliphatic hydroxyl groups is 2. The Balaban J connectivity index is 0. The van der Waals surface area contributed by atoms with E-state index in [1.807, 2.05) is 27.7 Å². The number of likely N-dealkylation sites (N-methyl/N-ethyl adjacent to an activating group) is 1. The largest absolute Gasteiger partial charge is 0.503 e. The number of nitrogens with zero attached hydrogens (tertiary/aromatic N) is 2. The summed E-state index contributed by atoms with van der Waals surface area (Å²) < 4.78 is 0. The Morgan fingerprint density at radius 3 is 2.11 bits per heavy atom. The van der Waals surface area contributed by atoms with E-state index in [2.05, 4.69) is 0 Å². The first-order valence-electron chi connectivity index (χ1n) is 8.77. The maximum atomic E-state index is 12.4. The second kappa shape index (κ2) is 15.2. The van der Waals surface area contributed by atoms with E-state index in [-0.39, 0.29) is 18.7 Å². The number of amides is 2. The summed E-state index contributed by atoms with van der Waals surface area (Å²) in [6, 6.07) is 4.93. The van der Waals surface area contributed by atoms with Gasteiger partial charge in [-0.25, -0.2) is 5.06 Å². The molecule has 1 heterocycles. The highest BCUT2D eigenvalue weighted by Gasteiger charge is 2.34. The van der Waals surface area contributed by atoms with E-state index in [1.54, 1.807) is 18.2 Å². The maximum absolute atomic E-state index is 12.4. The second-order valence-corrected chi connectivity index (χ2v) is 5.58. The van der Waals surface area contributed by atoms with Crippen LogP contribution in [0.15, 0.2) is 29.5 Å². The van der Waals surface area contributed by atoms with Crippen LogP contribution in [0, 0.1) is 0 Å². The SMILES string of the molecule is CC.CC.CO.CON(Cc1ccc(Cl)c(Cl)c1)C(=O)C1=C(O)C(=O)N(C)C1. The van der Waals surface area contributed by atoms with Crippen LogP contribution >= 0.6 is 23.2 Å². The van der Waals surface area contributed by atoms with Crippen molar-refractivity contribution in [3.63, 3.8) is 0 Å². The van der Waals surface area contributed by atoms with Crippen molar-refractivity contribution in [1.82, 2.24) is 9.96 Å². The molecule has 0 fully saturated rings. The van der Waals surface area contributed by atoms with Gasteiger partial charge in [-0.05, 0) is 17.7 Å². The Hall–Kier alpha value is -1.80. The number of carbonyl (C=O) groups excluding carboxylic acids is 2. The van der Waals surface area contributed by atoms with Crippen LogP contribution in [0.3, 0.4) is 0 Å². The first kappa shape index (κ1) is 28.4. The van der Waals surface area contributed by atoms with Gasteiger partial charge in [0, 0.05) is 14.2 Å². The summed E-state index contributed by atoms with van der Waals surface area (Å²) in [5.74, 6) is -1.72. The van der Waals surface area contributed by atoms with Crippen molar-refractivity contribution in [2.75, 3.05) is 27.8 Å². The van der Waals surface area contributed by atoms with Gasteiger partial charge >= 0.3 is 0 Å². The fourth-order valence-corrected chi connectivity index (χ4v) is 2.36. The normalized spacial score (nSPS) is 12.2. The van der Waals surface area contributed by atoms with Crippen LogP contribution in [0.2, 0.25) is 10.0 Å². The molecule has 1 aliphatic heterocycles. The first-order chi connectivity index (χ1) is 13.3. The standard InChI is InChI=1S/C14H14Cl2N2O4.2C2H6.CH4O/c1-17-7-9(12(19)14(17)21)13(20)18(22-2)6-8-3-4-10(15)11(16)5-8;3*1-2/h3-5,19H,6-7H2,1-2H3;2*1-2H3;2H,1H3. The summed E-state index contributed by atoms with van der Waals surface area (Å²) in [6.07, 6.45) is 0. The number of benzene rings is 1. The molecule has 0 aromatic heterocycles. The molecule has 2 rings (SSSR count). The Kier molecular flexibility index (Phi) is 15.4. The highest BCUT2D eigenvalue weighted by Crippen LogP contribution is 2.24. The molecule has 0 aliphatic carbocycles. The third-order valence-electron chi connectivity index (χ3n) is 3.25. The van der Waals surface area contributed by atoms with E-state index in [0.29, 0.717) is 15.6 Å². The molecule has 7 nitrogen and oxygen atoms in total. The van der Waals surface area contributed by atoms with Crippen molar-refractivity contribution in [3.8, 4) is 0 Å². The summed E-state index contributed by atoms with van der Waals surface area (Å²) in [5, 5.41) is 18.5. The van der Waals surface area contributed by atoms with Crippen molar-refractivity contribution >= 4 is 35.0 Å². The molecule has 2 N–H and O–H groups in total. The van der Waals surface area contributed by atoms with Gasteiger partial charge < -0.3 is 15.1 Å². The van der Waals surface area contributed by atoms with Crippen LogP contribution in [0.5, 0.6) is 0 Å². The summed E-state index contributed by atoms with van der Waals surface area (Å²) in [4.78, 5) is 30.2. The lowest BCUT2D eigenvalue weighted by Gasteiger charge is -2.20. The van der Waals surface area contributed by atoms with E-state index in [4.69, 9.17) is 33.1 Å². The zero-order chi connectivity index (χ0) is 22.4. The van der Waals surface area contributed by atoms with Gasteiger partial charge in [-0.2, -0.15) is 0 Å². The predicted molar refractivity (Wildman–Crippen MR) is 112 cm³/mol. The smallest absolute Gasteiger partial charge is 0.289 e. The van der Waals surface area contributed by atoms with E-state index in [9.17, 15) is 14.7 Å². The lowest BCUT2D eigenvalue weighted by Crippen LogP contribution is -2.32. The van der Waals surface area contributed by atoms with Crippen molar-refractivity contribution in [2.24, 2.45) is 0 Å². The predicted octanol–water partition coefficient (Wildman–Crippen LogP) is 3.83. The van der Waals surface area contributed by atoms with Crippen LogP contribution in [-0.4, -0.2) is 59.8 Å². The first-order valence-corrected chi connectivity index (χ1v) is 9.53. The molecule has 0 spiro atoms. The molecule has 1 aromatic carbocycles. The average molecular weight is 437 g/mol. The molecule has 0 saturated carbocycles. The molecule has 160 valence electrons. The minimum absolute atomic E-state index is 0.00518. The highest BCUT2D eigenvalue weighted by molar-refractivity contribution is 6.42. The molecular weight excluding hydrogens is 407 g/mol. The third-order valence-corrected chi connectivity index (χ3v) is 3.98. The third kappa shape index (κ3) is 7.67. The molecule has 1 aliphatic rings. The van der Waals surface area contributed by atoms with Gasteiger partial charge in [0.15, 0.2) is 5.76 Å². The number of hydrogen-bond donors (Lipinski definition) is 2. The van der Waals surface area contributed by atoms with Crippen molar-refractivity contribution in [3.05, 3.63) is 45.1 Å². The van der Waals surface area contributed by atoms with Crippen LogP contribution < -0.4 is 0 Å². The zero-order valence-corrected chi connectivity index (χ0v) is 18.9. The molecule has 9 heteroatoms. The number of carbonyl (C=O) groups is 2. The van der Waals surface area contributed by atoms with Crippen LogP contribution in [-0.2, 0) is 21.0 Å². The fraction of sp³-hybridized carbons (Fsp3) is 0.474.